The number of rotatable bonds is 13. The molecule has 0 saturated heterocycles. The van der Waals surface area contributed by atoms with Gasteiger partial charge < -0.3 is 26.4 Å². The predicted octanol–water partition coefficient (Wildman–Crippen LogP) is -3.75. The van der Waals surface area contributed by atoms with Gasteiger partial charge in [-0.15, -0.1) is 0 Å². The molecule has 0 rings (SSSR count). The lowest BCUT2D eigenvalue weighted by Gasteiger charge is -2.20. The topological polar surface area (TPSA) is 329 Å². The molecule has 0 aromatic carbocycles. The van der Waals surface area contributed by atoms with Gasteiger partial charge in [-0.05, 0) is 13.8 Å². The molecular weight excluding hydrogens is 600 g/mol. The largest absolute Gasteiger partial charge is 0.426 e. The summed E-state index contributed by atoms with van der Waals surface area (Å²) in [6.07, 6.45) is -5.53. The summed E-state index contributed by atoms with van der Waals surface area (Å²) in [5.74, 6) is -15.0. The van der Waals surface area contributed by atoms with Crippen LogP contribution in [0.4, 0.5) is 0 Å². The average molecular weight is 628 g/mol. The van der Waals surface area contributed by atoms with Crippen molar-refractivity contribution in [2.75, 3.05) is 0 Å². The fourth-order valence-electron chi connectivity index (χ4n) is 1.76. The molecule has 0 aliphatic heterocycles. The van der Waals surface area contributed by atoms with Crippen molar-refractivity contribution in [1.82, 2.24) is 0 Å². The maximum absolute atomic E-state index is 11.7. The van der Waals surface area contributed by atoms with Gasteiger partial charge in [0.15, 0.2) is 6.10 Å². The predicted molar refractivity (Wildman–Crippen MR) is 122 cm³/mol. The first-order chi connectivity index (χ1) is 19.8. The lowest BCUT2D eigenvalue weighted by Crippen LogP contribution is -2.45. The first-order valence-corrected chi connectivity index (χ1v) is 11.6. The van der Waals surface area contributed by atoms with Gasteiger partial charge in [-0.2, -0.15) is 0 Å². The van der Waals surface area contributed by atoms with Crippen LogP contribution in [0.25, 0.3) is 0 Å². The van der Waals surface area contributed by atoms with E-state index in [2.05, 4.69) is 43.8 Å². The van der Waals surface area contributed by atoms with Crippen LogP contribution in [0.1, 0.15) is 52.9 Å². The Bertz CT molecular complexity index is 1070. The molecule has 242 valence electrons. The molecule has 0 saturated carbocycles. The van der Waals surface area contributed by atoms with Crippen molar-refractivity contribution in [2.24, 2.45) is 11.5 Å². The zero-order valence-corrected chi connectivity index (χ0v) is 22.7. The van der Waals surface area contributed by atoms with Gasteiger partial charge in [0.1, 0.15) is 12.1 Å². The second-order valence-corrected chi connectivity index (χ2v) is 8.13. The molecule has 0 heterocycles. The SMILES string of the molecule is CC(O)C(=O)OOC(=O)CCC(=O)OOC(=O)C(N)CC(=O)OOC(=O)CCC(=O)OOC(=O)C(C)(O)OC(=O)[C@H](C)N. The average Bonchev–Trinajstić information content (AvgIpc) is 2.93. The monoisotopic (exact) mass is 628 g/mol. The fourth-order valence-corrected chi connectivity index (χ4v) is 1.76. The Hall–Kier alpha value is -4.93. The molecule has 0 aromatic rings. The van der Waals surface area contributed by atoms with E-state index in [0.717, 1.165) is 6.92 Å². The molecule has 43 heavy (non-hydrogen) atoms. The van der Waals surface area contributed by atoms with Crippen LogP contribution in [0.5, 0.6) is 0 Å². The van der Waals surface area contributed by atoms with Gasteiger partial charge in [0.25, 0.3) is 0 Å². The lowest BCUT2D eigenvalue weighted by atomic mass is 10.2. The molecule has 0 aliphatic rings. The van der Waals surface area contributed by atoms with E-state index < -0.39 is 110 Å². The third kappa shape index (κ3) is 16.8. The van der Waals surface area contributed by atoms with Crippen molar-refractivity contribution in [2.45, 2.75) is 76.9 Å². The molecule has 3 unspecified atom stereocenters. The molecule has 4 atom stereocenters. The molecule has 22 nitrogen and oxygen atoms in total. The second-order valence-electron chi connectivity index (χ2n) is 8.13. The highest BCUT2D eigenvalue weighted by atomic mass is 17.2. The quantitative estimate of drug-likeness (QED) is 0.0658. The maximum atomic E-state index is 11.7. The summed E-state index contributed by atoms with van der Waals surface area (Å²) in [5, 5.41) is 18.6. The zero-order valence-electron chi connectivity index (χ0n) is 22.7. The fraction of sp³-hybridized carbons (Fsp3) is 0.571. The van der Waals surface area contributed by atoms with E-state index in [1.807, 2.05) is 0 Å². The van der Waals surface area contributed by atoms with E-state index in [4.69, 9.17) is 16.6 Å². The van der Waals surface area contributed by atoms with Crippen molar-refractivity contribution >= 4 is 53.7 Å². The van der Waals surface area contributed by atoms with E-state index in [1.165, 1.54) is 6.92 Å². The van der Waals surface area contributed by atoms with Gasteiger partial charge >= 0.3 is 59.5 Å². The van der Waals surface area contributed by atoms with Crippen molar-refractivity contribution < 1.29 is 97.2 Å². The standard InChI is InChI=1S/C21H28N2O20/c1-9(22)17(30)35-21(3,34)20(33)43-39-15(28)7-4-12(25)36-40-16(29)8-11(23)19(32)42-38-14(27)6-5-13(26)37-41-18(31)10(2)24/h9-11,24,34H,4-8,22-23H2,1-3H3/t9-,10?,11?,21?/m0/s1. The van der Waals surface area contributed by atoms with Crippen LogP contribution in [0.15, 0.2) is 0 Å². The first-order valence-electron chi connectivity index (χ1n) is 11.6. The Balaban J connectivity index is 4.25. The van der Waals surface area contributed by atoms with Crippen LogP contribution >= 0.6 is 0 Å². The van der Waals surface area contributed by atoms with Gasteiger partial charge in [-0.1, -0.05) is 0 Å². The van der Waals surface area contributed by atoms with Crippen LogP contribution in [-0.4, -0.2) is 87.9 Å². The second kappa shape index (κ2) is 18.5. The molecular formula is C21H28N2O20. The van der Waals surface area contributed by atoms with Crippen LogP contribution in [0, 0.1) is 0 Å². The number of ether oxygens (including phenoxy) is 1. The smallest absolute Gasteiger partial charge is 0.420 e. The summed E-state index contributed by atoms with van der Waals surface area (Å²) in [5.41, 5.74) is 10.6. The Morgan fingerprint density at radius 2 is 0.977 bits per heavy atom. The van der Waals surface area contributed by atoms with Crippen LogP contribution in [0.3, 0.4) is 0 Å². The molecule has 0 bridgehead atoms. The Kier molecular flexibility index (Phi) is 16.4. The van der Waals surface area contributed by atoms with E-state index in [1.54, 1.807) is 0 Å². The van der Waals surface area contributed by atoms with Gasteiger partial charge in [0, 0.05) is 6.92 Å². The first kappa shape index (κ1) is 38.1. The van der Waals surface area contributed by atoms with Gasteiger partial charge in [0.2, 0.25) is 0 Å². The summed E-state index contributed by atoms with van der Waals surface area (Å²) in [6.45, 7) is 2.93. The zero-order chi connectivity index (χ0) is 33.3. The third-order valence-electron chi connectivity index (χ3n) is 4.02. The minimum absolute atomic E-state index is 0.691. The number of hydrogen-bond acceptors (Lipinski definition) is 22. The highest BCUT2D eigenvalue weighted by Crippen LogP contribution is 2.11. The Morgan fingerprint density at radius 1 is 0.605 bits per heavy atom. The van der Waals surface area contributed by atoms with Crippen molar-refractivity contribution in [3.63, 3.8) is 0 Å². The summed E-state index contributed by atoms with van der Waals surface area (Å²) in [7, 11) is 0. The Morgan fingerprint density at radius 3 is 1.40 bits per heavy atom. The third-order valence-corrected chi connectivity index (χ3v) is 4.02. The van der Waals surface area contributed by atoms with E-state index in [-0.39, 0.29) is 0 Å². The number of aliphatic hydroxyl groups is 2. The molecule has 6 N–H and O–H groups in total. The van der Waals surface area contributed by atoms with E-state index in [0.29, 0.717) is 6.92 Å². The number of carbonyl (C=O) groups excluding carboxylic acids is 9. The number of esters is 1. The summed E-state index contributed by atoms with van der Waals surface area (Å²) >= 11 is 0. The number of carbonyl (C=O) groups is 9. The van der Waals surface area contributed by atoms with Gasteiger partial charge in [0.05, 0.1) is 32.1 Å². The molecule has 0 spiro atoms. The molecule has 0 fully saturated rings. The summed E-state index contributed by atoms with van der Waals surface area (Å²) < 4.78 is 4.36. The highest BCUT2D eigenvalue weighted by Gasteiger charge is 2.39. The molecule has 22 heteroatoms. The highest BCUT2D eigenvalue weighted by molar-refractivity contribution is 5.85. The lowest BCUT2D eigenvalue weighted by molar-refractivity contribution is -0.289. The van der Waals surface area contributed by atoms with Crippen molar-refractivity contribution in [3.05, 3.63) is 0 Å². The number of aliphatic hydroxyl groups excluding tert-OH is 1. The summed E-state index contributed by atoms with van der Waals surface area (Å²) in [4.78, 5) is 135. The Labute approximate surface area is 239 Å². The normalized spacial score (nSPS) is 13.7. The summed E-state index contributed by atoms with van der Waals surface area (Å²) in [6, 6.07) is -2.99. The molecule has 0 radical (unpaired) electrons. The van der Waals surface area contributed by atoms with Crippen LogP contribution in [-0.2, 0) is 87.0 Å². The van der Waals surface area contributed by atoms with Gasteiger partial charge in [-0.3, -0.25) is 4.79 Å². The number of hydrogen-bond donors (Lipinski definition) is 4. The number of nitrogens with two attached hydrogens (primary N) is 2. The molecule has 0 aromatic heterocycles. The van der Waals surface area contributed by atoms with Crippen LogP contribution < -0.4 is 11.5 Å². The van der Waals surface area contributed by atoms with Crippen molar-refractivity contribution in [1.29, 1.82) is 0 Å². The van der Waals surface area contributed by atoms with Crippen molar-refractivity contribution in [3.8, 4) is 0 Å². The van der Waals surface area contributed by atoms with Gasteiger partial charge in [-0.25, -0.2) is 77.5 Å². The van der Waals surface area contributed by atoms with Crippen LogP contribution in [0.2, 0.25) is 0 Å². The van der Waals surface area contributed by atoms with E-state index >= 15 is 0 Å². The maximum Gasteiger partial charge on any atom is 0.426 e. The van der Waals surface area contributed by atoms with E-state index in [9.17, 15) is 48.3 Å². The minimum Gasteiger partial charge on any atom is -0.420 e. The molecule has 0 amide bonds. The molecule has 0 aliphatic carbocycles. The minimum atomic E-state index is -2.86.